The van der Waals surface area contributed by atoms with Crippen molar-refractivity contribution in [3.8, 4) is 11.3 Å². The Bertz CT molecular complexity index is 1010. The molecule has 2 heterocycles. The van der Waals surface area contributed by atoms with Gasteiger partial charge in [0.2, 0.25) is 5.36 Å². The average Bonchev–Trinajstić information content (AvgIpc) is 3.19. The molecule has 1 saturated heterocycles. The van der Waals surface area contributed by atoms with E-state index in [-0.39, 0.29) is 0 Å². The molecular weight excluding hydrogens is 408 g/mol. The number of fused-ring (bicyclic) bond motifs is 1. The molecule has 1 unspecified atom stereocenters. The molecule has 29 heavy (non-hydrogen) atoms. The Morgan fingerprint density at radius 1 is 1.03 bits per heavy atom. The molecular formula is C20H19BClF4NO2. The van der Waals surface area contributed by atoms with Gasteiger partial charge in [-0.3, -0.25) is 0 Å². The van der Waals surface area contributed by atoms with Gasteiger partial charge in [-0.05, 0) is 49.2 Å². The minimum Gasteiger partial charge on any atom is -0.456 e. The Morgan fingerprint density at radius 3 is 2.38 bits per heavy atom. The summed E-state index contributed by atoms with van der Waals surface area (Å²) in [6, 6.07) is 17.8. The molecule has 0 aliphatic carbocycles. The first-order valence-electron chi connectivity index (χ1n) is 9.14. The van der Waals surface area contributed by atoms with Gasteiger partial charge in [0.1, 0.15) is 17.4 Å². The fourth-order valence-electron chi connectivity index (χ4n) is 3.07. The highest BCUT2D eigenvalue weighted by Gasteiger charge is 2.20. The molecule has 1 N–H and O–H groups in total. The van der Waals surface area contributed by atoms with E-state index in [9.17, 15) is 17.3 Å². The van der Waals surface area contributed by atoms with Gasteiger partial charge in [-0.25, -0.2) is 4.99 Å². The summed E-state index contributed by atoms with van der Waals surface area (Å²) in [6.45, 7) is 1.68. The number of hydrogen-bond donors (Lipinski definition) is 1. The topological polar surface area (TPSA) is 36.3 Å². The third-order valence-corrected chi connectivity index (χ3v) is 4.60. The van der Waals surface area contributed by atoms with Gasteiger partial charge in [-0.15, -0.1) is 0 Å². The van der Waals surface area contributed by atoms with Crippen molar-refractivity contribution in [2.45, 2.75) is 18.9 Å². The largest absolute Gasteiger partial charge is 0.673 e. The minimum absolute atomic E-state index is 0.292. The SMILES string of the molecule is Clc1ccc(-c2cc(=[NH+]CC3CCCO3)c3ccccc3o2)cc1.F[B-](F)(F)F. The molecule has 0 spiro atoms. The first-order valence-corrected chi connectivity index (χ1v) is 9.52. The summed E-state index contributed by atoms with van der Waals surface area (Å²) in [5, 5.41) is 2.86. The van der Waals surface area contributed by atoms with E-state index >= 15 is 0 Å². The second kappa shape index (κ2) is 9.46. The second-order valence-electron chi connectivity index (χ2n) is 6.54. The van der Waals surface area contributed by atoms with E-state index in [0.29, 0.717) is 6.10 Å². The smallest absolute Gasteiger partial charge is 0.456 e. The van der Waals surface area contributed by atoms with Gasteiger partial charge >= 0.3 is 7.25 Å². The fourth-order valence-corrected chi connectivity index (χ4v) is 3.19. The molecule has 3 nitrogen and oxygen atoms in total. The maximum Gasteiger partial charge on any atom is 0.673 e. The summed E-state index contributed by atoms with van der Waals surface area (Å²) in [4.78, 5) is 3.54. The molecule has 0 radical (unpaired) electrons. The monoisotopic (exact) mass is 427 g/mol. The number of para-hydroxylation sites is 1. The molecule has 1 fully saturated rings. The molecule has 0 saturated carbocycles. The second-order valence-corrected chi connectivity index (χ2v) is 6.97. The molecule has 9 heteroatoms. The molecule has 3 aromatic rings. The van der Waals surface area contributed by atoms with Crippen LogP contribution in [0.15, 0.2) is 59.0 Å². The lowest BCUT2D eigenvalue weighted by Crippen LogP contribution is -2.79. The molecule has 1 aliphatic rings. The highest BCUT2D eigenvalue weighted by molar-refractivity contribution is 6.50. The van der Waals surface area contributed by atoms with Crippen molar-refractivity contribution >= 4 is 29.8 Å². The average molecular weight is 428 g/mol. The first kappa shape index (κ1) is 21.4. The van der Waals surface area contributed by atoms with Gasteiger partial charge in [-0.1, -0.05) is 23.7 Å². The first-order chi connectivity index (χ1) is 13.8. The van der Waals surface area contributed by atoms with Crippen LogP contribution in [0.2, 0.25) is 5.02 Å². The lowest BCUT2D eigenvalue weighted by atomic mass is 10.1. The number of ether oxygens (including phenoxy) is 1. The molecule has 1 atom stereocenters. The third-order valence-electron chi connectivity index (χ3n) is 4.35. The lowest BCUT2D eigenvalue weighted by Gasteiger charge is -2.04. The number of benzene rings is 2. The highest BCUT2D eigenvalue weighted by Crippen LogP contribution is 2.23. The lowest BCUT2D eigenvalue weighted by molar-refractivity contribution is -0.509. The van der Waals surface area contributed by atoms with E-state index in [1.54, 1.807) is 0 Å². The van der Waals surface area contributed by atoms with Crippen LogP contribution in [-0.4, -0.2) is 26.5 Å². The van der Waals surface area contributed by atoms with Crippen molar-refractivity contribution in [3.63, 3.8) is 0 Å². The van der Waals surface area contributed by atoms with Gasteiger partial charge in [0.25, 0.3) is 0 Å². The predicted molar refractivity (Wildman–Crippen MR) is 105 cm³/mol. The van der Waals surface area contributed by atoms with Crippen LogP contribution in [0.25, 0.3) is 22.3 Å². The summed E-state index contributed by atoms with van der Waals surface area (Å²) >= 11 is 5.99. The van der Waals surface area contributed by atoms with E-state index in [1.807, 2.05) is 42.5 Å². The van der Waals surface area contributed by atoms with E-state index in [1.165, 1.54) is 0 Å². The molecule has 0 amide bonds. The van der Waals surface area contributed by atoms with Gasteiger partial charge in [-0.2, -0.15) is 0 Å². The Labute approximate surface area is 170 Å². The summed E-state index contributed by atoms with van der Waals surface area (Å²) in [5.74, 6) is 0.820. The van der Waals surface area contributed by atoms with Gasteiger partial charge in [0, 0.05) is 17.2 Å². The van der Waals surface area contributed by atoms with Gasteiger partial charge < -0.3 is 26.4 Å². The molecule has 2 aromatic carbocycles. The van der Waals surface area contributed by atoms with Crippen molar-refractivity contribution in [2.75, 3.05) is 13.2 Å². The summed E-state index contributed by atoms with van der Waals surface area (Å²) < 4.78 is 50.8. The zero-order chi connectivity index (χ0) is 20.9. The van der Waals surface area contributed by atoms with Crippen LogP contribution < -0.4 is 10.3 Å². The molecule has 4 rings (SSSR count). The van der Waals surface area contributed by atoms with Crippen LogP contribution in [-0.2, 0) is 4.74 Å². The van der Waals surface area contributed by atoms with Gasteiger partial charge in [0.15, 0.2) is 6.54 Å². The fraction of sp³-hybridized carbons (Fsp3) is 0.250. The third kappa shape index (κ3) is 6.61. The summed E-state index contributed by atoms with van der Waals surface area (Å²) in [6.07, 6.45) is 2.55. The van der Waals surface area contributed by atoms with Gasteiger partial charge in [0.05, 0.1) is 11.5 Å². The van der Waals surface area contributed by atoms with E-state index in [4.69, 9.17) is 20.8 Å². The Balaban J connectivity index is 0.000000431. The number of hydrogen-bond acceptors (Lipinski definition) is 2. The van der Waals surface area contributed by atoms with Crippen molar-refractivity contribution in [3.05, 3.63) is 65.0 Å². The van der Waals surface area contributed by atoms with Crippen LogP contribution in [0, 0.1) is 0 Å². The minimum atomic E-state index is -6.00. The van der Waals surface area contributed by atoms with Crippen molar-refractivity contribution in [1.82, 2.24) is 0 Å². The molecule has 1 aromatic heterocycles. The molecule has 154 valence electrons. The molecule has 1 aliphatic heterocycles. The number of halogens is 5. The van der Waals surface area contributed by atoms with Crippen LogP contribution in [0.3, 0.4) is 0 Å². The van der Waals surface area contributed by atoms with E-state index in [0.717, 1.165) is 58.7 Å². The van der Waals surface area contributed by atoms with Crippen molar-refractivity contribution in [1.29, 1.82) is 0 Å². The van der Waals surface area contributed by atoms with Crippen LogP contribution in [0.1, 0.15) is 12.8 Å². The Morgan fingerprint density at radius 2 is 1.72 bits per heavy atom. The highest BCUT2D eigenvalue weighted by atomic mass is 35.5. The van der Waals surface area contributed by atoms with E-state index in [2.05, 4.69) is 17.1 Å². The predicted octanol–water partition coefficient (Wildman–Crippen LogP) is 4.21. The van der Waals surface area contributed by atoms with Crippen molar-refractivity contribution in [2.24, 2.45) is 0 Å². The van der Waals surface area contributed by atoms with Crippen LogP contribution in [0.5, 0.6) is 0 Å². The van der Waals surface area contributed by atoms with Crippen molar-refractivity contribution < 1.29 is 31.4 Å². The normalized spacial score (nSPS) is 17.3. The summed E-state index contributed by atoms with van der Waals surface area (Å²) in [5.41, 5.74) is 1.87. The number of nitrogens with one attached hydrogen (secondary N) is 1. The van der Waals surface area contributed by atoms with E-state index < -0.39 is 7.25 Å². The maximum atomic E-state index is 9.75. The Kier molecular flexibility index (Phi) is 6.98. The quantitative estimate of drug-likeness (QED) is 0.502. The Hall–Kier alpha value is -2.32. The maximum absolute atomic E-state index is 9.75. The van der Waals surface area contributed by atoms with Crippen LogP contribution in [0.4, 0.5) is 17.3 Å². The van der Waals surface area contributed by atoms with Crippen LogP contribution >= 0.6 is 11.6 Å². The molecule has 0 bridgehead atoms. The number of rotatable bonds is 3. The summed E-state index contributed by atoms with van der Waals surface area (Å²) in [7, 11) is -6.00. The zero-order valence-electron chi connectivity index (χ0n) is 15.4. The standard InChI is InChI=1S/C20H18ClNO2.BF4/c21-15-9-7-14(8-10-15)20-12-18(22-13-16-4-3-11-23-16)17-5-1-2-6-19(17)24-20;2-1(3,4)5/h1-2,5-10,12,16H,3-4,11,13H2;/q;-1/p+1. The zero-order valence-corrected chi connectivity index (χ0v) is 16.1.